The zero-order valence-electron chi connectivity index (χ0n) is 12.7. The van der Waals surface area contributed by atoms with Gasteiger partial charge in [0.2, 0.25) is 4.96 Å². The molecule has 0 amide bonds. The molecule has 0 fully saturated rings. The molecule has 7 heteroatoms. The number of aliphatic hydroxyl groups excluding tert-OH is 1. The van der Waals surface area contributed by atoms with Crippen LogP contribution in [0, 0.1) is 6.92 Å². The number of aliphatic hydroxyl groups is 1. The molecule has 1 aromatic carbocycles. The van der Waals surface area contributed by atoms with Crippen molar-refractivity contribution >= 4 is 16.3 Å². The van der Waals surface area contributed by atoms with Crippen LogP contribution in [0.2, 0.25) is 0 Å². The molecule has 0 saturated carbocycles. The number of ether oxygens (including phenoxy) is 2. The van der Waals surface area contributed by atoms with Gasteiger partial charge in [-0.15, -0.1) is 0 Å². The molecule has 3 rings (SSSR count). The third-order valence-electron chi connectivity index (χ3n) is 3.49. The van der Waals surface area contributed by atoms with Crippen molar-refractivity contribution in [2.45, 2.75) is 20.0 Å². The van der Waals surface area contributed by atoms with Crippen LogP contribution in [0.3, 0.4) is 0 Å². The Labute approximate surface area is 132 Å². The third-order valence-corrected chi connectivity index (χ3v) is 4.40. The Hall–Kier alpha value is -2.12. The molecule has 2 aromatic heterocycles. The molecule has 0 atom stereocenters. The number of aryl methyl sites for hydroxylation is 1. The summed E-state index contributed by atoms with van der Waals surface area (Å²) in [5, 5.41) is 14.9. The lowest BCUT2D eigenvalue weighted by molar-refractivity contribution is 0.273. The molecule has 0 radical (unpaired) electrons. The molecule has 0 bridgehead atoms. The Morgan fingerprint density at radius 2 is 2.00 bits per heavy atom. The van der Waals surface area contributed by atoms with Gasteiger partial charge >= 0.3 is 0 Å². The first-order chi connectivity index (χ1) is 10.7. The predicted octanol–water partition coefficient (Wildman–Crippen LogP) is 2.20. The van der Waals surface area contributed by atoms with E-state index in [1.54, 1.807) is 18.7 Å². The number of imidazole rings is 1. The molecule has 0 aliphatic rings. The molecule has 3 aromatic rings. The summed E-state index contributed by atoms with van der Waals surface area (Å²) >= 11 is 1.52. The van der Waals surface area contributed by atoms with Crippen molar-refractivity contribution in [1.82, 2.24) is 14.6 Å². The van der Waals surface area contributed by atoms with Crippen molar-refractivity contribution in [3.63, 3.8) is 0 Å². The van der Waals surface area contributed by atoms with Gasteiger partial charge in [0.25, 0.3) is 0 Å². The van der Waals surface area contributed by atoms with Crippen LogP contribution in [0.25, 0.3) is 4.96 Å². The summed E-state index contributed by atoms with van der Waals surface area (Å²) in [5.74, 6) is 1.41. The van der Waals surface area contributed by atoms with Gasteiger partial charge in [-0.3, -0.25) is 0 Å². The maximum Gasteiger partial charge on any atom is 0.212 e. The zero-order valence-corrected chi connectivity index (χ0v) is 13.5. The molecule has 116 valence electrons. The minimum Gasteiger partial charge on any atom is -0.493 e. The van der Waals surface area contributed by atoms with Crippen molar-refractivity contribution in [2.75, 3.05) is 14.2 Å². The molecule has 0 saturated heterocycles. The molecule has 6 nitrogen and oxygen atoms in total. The van der Waals surface area contributed by atoms with Crippen LogP contribution in [0.1, 0.15) is 22.0 Å². The number of rotatable bonds is 5. The number of nitrogens with zero attached hydrogens (tertiary/aromatic N) is 3. The highest BCUT2D eigenvalue weighted by Crippen LogP contribution is 2.29. The molecule has 2 heterocycles. The summed E-state index contributed by atoms with van der Waals surface area (Å²) in [6.45, 7) is 1.81. The lowest BCUT2D eigenvalue weighted by atomic mass is 10.1. The quantitative estimate of drug-likeness (QED) is 0.781. The smallest absolute Gasteiger partial charge is 0.212 e. The molecular formula is C15H17N3O3S. The summed E-state index contributed by atoms with van der Waals surface area (Å²) in [5.41, 5.74) is 2.64. The molecular weight excluding hydrogens is 302 g/mol. The van der Waals surface area contributed by atoms with Crippen LogP contribution in [-0.2, 0) is 13.0 Å². The molecule has 0 aliphatic carbocycles. The van der Waals surface area contributed by atoms with E-state index in [2.05, 4.69) is 10.1 Å². The summed E-state index contributed by atoms with van der Waals surface area (Å²) in [4.78, 5) is 5.22. The Morgan fingerprint density at radius 3 is 2.68 bits per heavy atom. The third kappa shape index (κ3) is 2.53. The van der Waals surface area contributed by atoms with Gasteiger partial charge in [-0.25, -0.2) is 9.50 Å². The molecule has 22 heavy (non-hydrogen) atoms. The molecule has 0 aliphatic heterocycles. The SMILES string of the molecule is COc1ccc(Cc2nn3c(CO)c(C)nc3s2)cc1OC. The van der Waals surface area contributed by atoms with E-state index in [4.69, 9.17) is 9.47 Å². The van der Waals surface area contributed by atoms with E-state index in [1.807, 2.05) is 25.1 Å². The number of hydrogen-bond donors (Lipinski definition) is 1. The second kappa shape index (κ2) is 5.94. The van der Waals surface area contributed by atoms with Gasteiger partial charge in [-0.1, -0.05) is 17.4 Å². The summed E-state index contributed by atoms with van der Waals surface area (Å²) in [6, 6.07) is 5.82. The Kier molecular flexibility index (Phi) is 4.00. The molecule has 1 N–H and O–H groups in total. The fraction of sp³-hybridized carbons (Fsp3) is 0.333. The Bertz CT molecular complexity index is 810. The van der Waals surface area contributed by atoms with Gasteiger partial charge in [0, 0.05) is 6.42 Å². The first-order valence-corrected chi connectivity index (χ1v) is 7.63. The van der Waals surface area contributed by atoms with E-state index in [0.717, 1.165) is 26.9 Å². The lowest BCUT2D eigenvalue weighted by Crippen LogP contribution is -1.97. The molecule has 0 spiro atoms. The van der Waals surface area contributed by atoms with Gasteiger partial charge in [0.05, 0.1) is 32.2 Å². The van der Waals surface area contributed by atoms with E-state index in [0.29, 0.717) is 17.9 Å². The predicted molar refractivity (Wildman–Crippen MR) is 83.9 cm³/mol. The van der Waals surface area contributed by atoms with Gasteiger partial charge < -0.3 is 14.6 Å². The van der Waals surface area contributed by atoms with Crippen LogP contribution >= 0.6 is 11.3 Å². The van der Waals surface area contributed by atoms with E-state index in [-0.39, 0.29) is 6.61 Å². The first-order valence-electron chi connectivity index (χ1n) is 6.82. The van der Waals surface area contributed by atoms with Crippen molar-refractivity contribution in [3.05, 3.63) is 40.2 Å². The number of methoxy groups -OCH3 is 2. The Morgan fingerprint density at radius 1 is 1.23 bits per heavy atom. The van der Waals surface area contributed by atoms with E-state index < -0.39 is 0 Å². The maximum absolute atomic E-state index is 9.40. The maximum atomic E-state index is 9.40. The van der Waals surface area contributed by atoms with Crippen LogP contribution < -0.4 is 9.47 Å². The number of fused-ring (bicyclic) bond motifs is 1. The number of benzene rings is 1. The van der Waals surface area contributed by atoms with Gasteiger partial charge in [0.1, 0.15) is 5.01 Å². The number of aromatic nitrogens is 3. The van der Waals surface area contributed by atoms with Crippen molar-refractivity contribution in [1.29, 1.82) is 0 Å². The van der Waals surface area contributed by atoms with Gasteiger partial charge in [-0.2, -0.15) is 5.10 Å². The monoisotopic (exact) mass is 319 g/mol. The van der Waals surface area contributed by atoms with Gasteiger partial charge in [0.15, 0.2) is 11.5 Å². The minimum atomic E-state index is -0.0630. The second-order valence-electron chi connectivity index (χ2n) is 4.86. The van der Waals surface area contributed by atoms with Crippen LogP contribution in [0.4, 0.5) is 0 Å². The van der Waals surface area contributed by atoms with Crippen molar-refractivity contribution < 1.29 is 14.6 Å². The summed E-state index contributed by atoms with van der Waals surface area (Å²) < 4.78 is 12.3. The van der Waals surface area contributed by atoms with Crippen LogP contribution in [0.5, 0.6) is 11.5 Å². The number of hydrogen-bond acceptors (Lipinski definition) is 6. The van der Waals surface area contributed by atoms with E-state index in [1.165, 1.54) is 11.3 Å². The average Bonchev–Trinajstić information content (AvgIpc) is 3.02. The molecule has 0 unspecified atom stereocenters. The standard InChI is InChI=1S/C15H17N3O3S/c1-9-11(8-19)18-15(16-9)22-14(17-18)7-10-4-5-12(20-2)13(6-10)21-3/h4-6,19H,7-8H2,1-3H3. The van der Waals surface area contributed by atoms with Crippen LogP contribution in [-0.4, -0.2) is 33.9 Å². The lowest BCUT2D eigenvalue weighted by Gasteiger charge is -2.08. The minimum absolute atomic E-state index is 0.0630. The van der Waals surface area contributed by atoms with Crippen LogP contribution in [0.15, 0.2) is 18.2 Å². The first kappa shape index (κ1) is 14.8. The second-order valence-corrected chi connectivity index (χ2v) is 5.90. The highest BCUT2D eigenvalue weighted by molar-refractivity contribution is 7.16. The fourth-order valence-electron chi connectivity index (χ4n) is 2.35. The average molecular weight is 319 g/mol. The topological polar surface area (TPSA) is 68.9 Å². The van der Waals surface area contributed by atoms with Crippen molar-refractivity contribution in [3.8, 4) is 11.5 Å². The highest BCUT2D eigenvalue weighted by atomic mass is 32.1. The van der Waals surface area contributed by atoms with Gasteiger partial charge in [-0.05, 0) is 24.6 Å². The summed E-state index contributed by atoms with van der Waals surface area (Å²) in [6.07, 6.45) is 0.679. The zero-order chi connectivity index (χ0) is 15.7. The van der Waals surface area contributed by atoms with E-state index in [9.17, 15) is 5.11 Å². The highest BCUT2D eigenvalue weighted by Gasteiger charge is 2.14. The largest absolute Gasteiger partial charge is 0.493 e. The van der Waals surface area contributed by atoms with E-state index >= 15 is 0 Å². The Balaban J connectivity index is 1.91. The normalized spacial score (nSPS) is 11.1. The van der Waals surface area contributed by atoms with Crippen molar-refractivity contribution in [2.24, 2.45) is 0 Å². The fourth-order valence-corrected chi connectivity index (χ4v) is 3.34. The summed E-state index contributed by atoms with van der Waals surface area (Å²) in [7, 11) is 3.24.